The van der Waals surface area contributed by atoms with Crippen LogP contribution >= 0.6 is 0 Å². The molecule has 1 N–H and O–H groups in total. The molecule has 0 saturated carbocycles. The Labute approximate surface area is 107 Å². The van der Waals surface area contributed by atoms with E-state index in [0.29, 0.717) is 6.61 Å². The molecule has 4 nitrogen and oxygen atoms in total. The molecule has 0 aliphatic carbocycles. The summed E-state index contributed by atoms with van der Waals surface area (Å²) in [7, 11) is 1.98. The lowest BCUT2D eigenvalue weighted by molar-refractivity contribution is 0.292. The molecule has 0 amide bonds. The first-order chi connectivity index (χ1) is 8.84. The minimum absolute atomic E-state index is 0.502. The van der Waals surface area contributed by atoms with Crippen molar-refractivity contribution in [3.63, 3.8) is 0 Å². The Morgan fingerprint density at radius 3 is 3.22 bits per heavy atom. The van der Waals surface area contributed by atoms with Crippen LogP contribution in [0.15, 0.2) is 30.6 Å². The van der Waals surface area contributed by atoms with Crippen LogP contribution in [-0.2, 0) is 20.1 Å². The van der Waals surface area contributed by atoms with Gasteiger partial charge in [-0.2, -0.15) is 0 Å². The third-order valence-electron chi connectivity index (χ3n) is 3.31. The first-order valence-electron chi connectivity index (χ1n) is 6.29. The van der Waals surface area contributed by atoms with Gasteiger partial charge >= 0.3 is 0 Å². The molecule has 1 aromatic heterocycles. The molecule has 0 radical (unpaired) electrons. The summed E-state index contributed by atoms with van der Waals surface area (Å²) in [5.74, 6) is 1.86. The van der Waals surface area contributed by atoms with Crippen molar-refractivity contribution < 1.29 is 4.74 Å². The van der Waals surface area contributed by atoms with Crippen LogP contribution < -0.4 is 10.1 Å². The Kier molecular flexibility index (Phi) is 2.92. The molecule has 1 aliphatic rings. The number of aromatic nitrogens is 2. The normalized spacial score (nSPS) is 13.8. The van der Waals surface area contributed by atoms with E-state index in [4.69, 9.17) is 4.74 Å². The molecule has 3 rings (SSSR count). The van der Waals surface area contributed by atoms with Crippen molar-refractivity contribution in [2.45, 2.75) is 19.4 Å². The van der Waals surface area contributed by atoms with Crippen LogP contribution in [0.2, 0.25) is 0 Å². The standard InChI is InChI=1S/C14H17N3O/c1-17-9-8-15-13(17)10-18-12-6-2-4-11-5-3-7-16-14(11)12/h2,4,6,8-9,16H,3,5,7,10H2,1H3. The molecule has 4 heteroatoms. The lowest BCUT2D eigenvalue weighted by Gasteiger charge is -2.21. The van der Waals surface area contributed by atoms with Gasteiger partial charge in [0.2, 0.25) is 0 Å². The Morgan fingerprint density at radius 2 is 2.39 bits per heavy atom. The van der Waals surface area contributed by atoms with E-state index < -0.39 is 0 Å². The van der Waals surface area contributed by atoms with E-state index in [0.717, 1.165) is 30.2 Å². The molecule has 0 saturated heterocycles. The second kappa shape index (κ2) is 4.72. The third-order valence-corrected chi connectivity index (χ3v) is 3.31. The number of nitrogens with zero attached hydrogens (tertiary/aromatic N) is 2. The lowest BCUT2D eigenvalue weighted by Crippen LogP contribution is -2.13. The zero-order chi connectivity index (χ0) is 12.4. The highest BCUT2D eigenvalue weighted by Crippen LogP contribution is 2.32. The summed E-state index contributed by atoms with van der Waals surface area (Å²) < 4.78 is 7.86. The average molecular weight is 243 g/mol. The fraction of sp³-hybridized carbons (Fsp3) is 0.357. The van der Waals surface area contributed by atoms with Crippen LogP contribution in [0.1, 0.15) is 17.8 Å². The predicted octanol–water partition coefficient (Wildman–Crippen LogP) is 2.36. The number of hydrogen-bond acceptors (Lipinski definition) is 3. The van der Waals surface area contributed by atoms with Gasteiger partial charge in [-0.25, -0.2) is 4.98 Å². The van der Waals surface area contributed by atoms with Crippen molar-refractivity contribution >= 4 is 5.69 Å². The van der Waals surface area contributed by atoms with E-state index in [1.807, 2.05) is 23.9 Å². The summed E-state index contributed by atoms with van der Waals surface area (Å²) in [6.45, 7) is 1.53. The highest BCUT2D eigenvalue weighted by atomic mass is 16.5. The maximum Gasteiger partial charge on any atom is 0.146 e. The summed E-state index contributed by atoms with van der Waals surface area (Å²) in [6.07, 6.45) is 6.03. The Balaban J connectivity index is 1.79. The number of anilines is 1. The third kappa shape index (κ3) is 2.06. The van der Waals surface area contributed by atoms with E-state index >= 15 is 0 Å². The molecule has 2 heterocycles. The second-order valence-corrected chi connectivity index (χ2v) is 4.56. The van der Waals surface area contributed by atoms with Gasteiger partial charge in [-0.1, -0.05) is 12.1 Å². The monoisotopic (exact) mass is 243 g/mol. The van der Waals surface area contributed by atoms with Crippen molar-refractivity contribution in [2.75, 3.05) is 11.9 Å². The summed E-state index contributed by atoms with van der Waals surface area (Å²) >= 11 is 0. The van der Waals surface area contributed by atoms with Gasteiger partial charge < -0.3 is 14.6 Å². The maximum absolute atomic E-state index is 5.88. The number of rotatable bonds is 3. The number of aryl methyl sites for hydroxylation is 2. The molecular formula is C14H17N3O. The largest absolute Gasteiger partial charge is 0.484 e. The molecule has 0 bridgehead atoms. The maximum atomic E-state index is 5.88. The van der Waals surface area contributed by atoms with Gasteiger partial charge in [0.05, 0.1) is 5.69 Å². The van der Waals surface area contributed by atoms with Gasteiger partial charge in [0, 0.05) is 26.0 Å². The summed E-state index contributed by atoms with van der Waals surface area (Å²) in [5, 5.41) is 3.42. The summed E-state index contributed by atoms with van der Waals surface area (Å²) in [5.41, 5.74) is 2.50. The highest BCUT2D eigenvalue weighted by Gasteiger charge is 2.13. The van der Waals surface area contributed by atoms with Crippen molar-refractivity contribution in [3.05, 3.63) is 42.0 Å². The van der Waals surface area contributed by atoms with Gasteiger partial charge in [-0.05, 0) is 24.5 Å². The lowest BCUT2D eigenvalue weighted by atomic mass is 10.0. The van der Waals surface area contributed by atoms with Crippen LogP contribution in [-0.4, -0.2) is 16.1 Å². The van der Waals surface area contributed by atoms with Crippen molar-refractivity contribution in [1.29, 1.82) is 0 Å². The number of benzene rings is 1. The van der Waals surface area contributed by atoms with E-state index in [-0.39, 0.29) is 0 Å². The van der Waals surface area contributed by atoms with Crippen molar-refractivity contribution in [3.8, 4) is 5.75 Å². The molecule has 1 aliphatic heterocycles. The molecular weight excluding hydrogens is 226 g/mol. The summed E-state index contributed by atoms with van der Waals surface area (Å²) in [6, 6.07) is 6.23. The second-order valence-electron chi connectivity index (χ2n) is 4.56. The van der Waals surface area contributed by atoms with Crippen LogP contribution in [0, 0.1) is 0 Å². The highest BCUT2D eigenvalue weighted by molar-refractivity contribution is 5.63. The van der Waals surface area contributed by atoms with E-state index in [1.54, 1.807) is 6.20 Å². The smallest absolute Gasteiger partial charge is 0.146 e. The number of imidazole rings is 1. The number of ether oxygens (including phenoxy) is 1. The number of para-hydroxylation sites is 1. The van der Waals surface area contributed by atoms with Crippen LogP contribution in [0.3, 0.4) is 0 Å². The molecule has 0 spiro atoms. The van der Waals surface area contributed by atoms with Gasteiger partial charge in [-0.3, -0.25) is 0 Å². The molecule has 0 fully saturated rings. The zero-order valence-corrected chi connectivity index (χ0v) is 10.5. The number of hydrogen-bond donors (Lipinski definition) is 1. The van der Waals surface area contributed by atoms with E-state index in [1.165, 1.54) is 12.0 Å². The van der Waals surface area contributed by atoms with Crippen LogP contribution in [0.5, 0.6) is 5.75 Å². The van der Waals surface area contributed by atoms with Crippen molar-refractivity contribution in [1.82, 2.24) is 9.55 Å². The Hall–Kier alpha value is -1.97. The van der Waals surface area contributed by atoms with Gasteiger partial charge in [0.15, 0.2) is 0 Å². The first-order valence-corrected chi connectivity index (χ1v) is 6.29. The topological polar surface area (TPSA) is 39.1 Å². The number of nitrogens with one attached hydrogen (secondary N) is 1. The number of fused-ring (bicyclic) bond motifs is 1. The SMILES string of the molecule is Cn1ccnc1COc1cccc2c1NCCC2. The van der Waals surface area contributed by atoms with E-state index in [9.17, 15) is 0 Å². The Bertz CT molecular complexity index is 548. The molecule has 18 heavy (non-hydrogen) atoms. The van der Waals surface area contributed by atoms with Gasteiger partial charge in [-0.15, -0.1) is 0 Å². The fourth-order valence-corrected chi connectivity index (χ4v) is 2.28. The summed E-state index contributed by atoms with van der Waals surface area (Å²) in [4.78, 5) is 4.26. The molecule has 2 aromatic rings. The van der Waals surface area contributed by atoms with Crippen LogP contribution in [0.4, 0.5) is 5.69 Å². The van der Waals surface area contributed by atoms with Gasteiger partial charge in [0.25, 0.3) is 0 Å². The molecule has 1 aromatic carbocycles. The predicted molar refractivity (Wildman–Crippen MR) is 70.8 cm³/mol. The minimum atomic E-state index is 0.502. The first kappa shape index (κ1) is 11.1. The molecule has 94 valence electrons. The van der Waals surface area contributed by atoms with Gasteiger partial charge in [0.1, 0.15) is 18.2 Å². The average Bonchev–Trinajstić information content (AvgIpc) is 2.82. The quantitative estimate of drug-likeness (QED) is 0.899. The van der Waals surface area contributed by atoms with E-state index in [2.05, 4.69) is 22.4 Å². The Morgan fingerprint density at radius 1 is 1.44 bits per heavy atom. The zero-order valence-electron chi connectivity index (χ0n) is 10.5. The van der Waals surface area contributed by atoms with Crippen LogP contribution in [0.25, 0.3) is 0 Å². The fourth-order valence-electron chi connectivity index (χ4n) is 2.28. The van der Waals surface area contributed by atoms with Crippen molar-refractivity contribution in [2.24, 2.45) is 7.05 Å². The minimum Gasteiger partial charge on any atom is -0.484 e. The molecule has 0 unspecified atom stereocenters. The molecule has 0 atom stereocenters.